The van der Waals surface area contributed by atoms with Crippen LogP contribution in [0.3, 0.4) is 0 Å². The summed E-state index contributed by atoms with van der Waals surface area (Å²) in [6.45, 7) is 3.38. The van der Waals surface area contributed by atoms with Gasteiger partial charge in [-0.2, -0.15) is 11.8 Å². The molecule has 2 N–H and O–H groups in total. The van der Waals surface area contributed by atoms with Crippen molar-refractivity contribution in [3.8, 4) is 0 Å². The molecule has 128 valence electrons. The van der Waals surface area contributed by atoms with Crippen molar-refractivity contribution in [2.45, 2.75) is 43.0 Å². The minimum atomic E-state index is -0.526. The number of amides is 2. The molecule has 0 bridgehead atoms. The molecule has 23 heavy (non-hydrogen) atoms. The van der Waals surface area contributed by atoms with Gasteiger partial charge in [0, 0.05) is 23.5 Å². The molecule has 2 amide bonds. The molecule has 3 atom stereocenters. The number of hydrogen-bond donors (Lipinski definition) is 2. The second-order valence-electron chi connectivity index (χ2n) is 5.46. The van der Waals surface area contributed by atoms with E-state index < -0.39 is 5.97 Å². The van der Waals surface area contributed by atoms with Gasteiger partial charge < -0.3 is 20.1 Å². The van der Waals surface area contributed by atoms with Crippen molar-refractivity contribution in [1.82, 2.24) is 10.6 Å². The zero-order valence-electron chi connectivity index (χ0n) is 12.9. The molecule has 0 unspecified atom stereocenters. The van der Waals surface area contributed by atoms with Gasteiger partial charge in [0.2, 0.25) is 0 Å². The van der Waals surface area contributed by atoms with Crippen LogP contribution in [-0.4, -0.2) is 54.3 Å². The Labute approximate surface area is 139 Å². The molecule has 0 radical (unpaired) electrons. The van der Waals surface area contributed by atoms with E-state index >= 15 is 0 Å². The van der Waals surface area contributed by atoms with Crippen molar-refractivity contribution in [2.24, 2.45) is 0 Å². The van der Waals surface area contributed by atoms with Gasteiger partial charge in [-0.15, -0.1) is 0 Å². The van der Waals surface area contributed by atoms with Crippen LogP contribution in [-0.2, 0) is 19.1 Å². The number of ether oxygens (including phenoxy) is 2. The number of hydrogen-bond acceptors (Lipinski definition) is 6. The smallest absolute Gasteiger partial charge is 0.330 e. The first-order valence-electron chi connectivity index (χ1n) is 7.73. The summed E-state index contributed by atoms with van der Waals surface area (Å²) >= 11 is 1.87. The predicted octanol–water partition coefficient (Wildman–Crippen LogP) is 0.985. The zero-order chi connectivity index (χ0) is 16.7. The molecular weight excluding hydrogens is 320 g/mol. The number of fused-ring (bicyclic) bond motifs is 1. The summed E-state index contributed by atoms with van der Waals surface area (Å²) in [6, 6.07) is 0.366. The van der Waals surface area contributed by atoms with E-state index in [9.17, 15) is 14.4 Å². The molecule has 0 spiro atoms. The average Bonchev–Trinajstić information content (AvgIpc) is 3.07. The number of nitrogens with one attached hydrogen (secondary N) is 2. The molecule has 0 aromatic carbocycles. The third kappa shape index (κ3) is 5.46. The first-order valence-corrected chi connectivity index (χ1v) is 8.78. The Morgan fingerprint density at radius 2 is 2.04 bits per heavy atom. The van der Waals surface area contributed by atoms with Crippen molar-refractivity contribution in [3.63, 3.8) is 0 Å². The lowest BCUT2D eigenvalue weighted by atomic mass is 10.0. The standard InChI is InChI=1S/C15H22N2O5S/c1-2-12(18)21-7-8-22-13(19)6-4-3-5-11-14-10(9-23-11)16-15(20)17-14/h2,10-11,14H,1,3-9H2,(H2,16,17,20)/t10-,11-,14-/m0/s1. The summed E-state index contributed by atoms with van der Waals surface area (Å²) in [5, 5.41) is 6.27. The van der Waals surface area contributed by atoms with Crippen LogP contribution in [0.2, 0.25) is 0 Å². The fraction of sp³-hybridized carbons (Fsp3) is 0.667. The van der Waals surface area contributed by atoms with Crippen LogP contribution >= 0.6 is 11.8 Å². The Hall–Kier alpha value is -1.70. The normalized spacial score (nSPS) is 25.2. The molecule has 0 aromatic rings. The molecule has 2 aliphatic heterocycles. The van der Waals surface area contributed by atoms with Gasteiger partial charge in [0.25, 0.3) is 0 Å². The average molecular weight is 342 g/mol. The molecule has 0 saturated carbocycles. The summed E-state index contributed by atoms with van der Waals surface area (Å²) in [7, 11) is 0. The maximum Gasteiger partial charge on any atom is 0.330 e. The molecule has 7 nitrogen and oxygen atoms in total. The highest BCUT2D eigenvalue weighted by Gasteiger charge is 2.42. The van der Waals surface area contributed by atoms with Gasteiger partial charge in [0.15, 0.2) is 0 Å². The van der Waals surface area contributed by atoms with Gasteiger partial charge in [-0.25, -0.2) is 9.59 Å². The van der Waals surface area contributed by atoms with E-state index in [1.807, 2.05) is 11.8 Å². The van der Waals surface area contributed by atoms with Crippen LogP contribution < -0.4 is 10.6 Å². The van der Waals surface area contributed by atoms with Crippen LogP contribution in [0.25, 0.3) is 0 Å². The van der Waals surface area contributed by atoms with Crippen LogP contribution in [0.5, 0.6) is 0 Å². The van der Waals surface area contributed by atoms with E-state index in [1.165, 1.54) is 0 Å². The molecule has 2 rings (SSSR count). The second kappa shape index (κ2) is 8.81. The topological polar surface area (TPSA) is 93.7 Å². The Kier molecular flexibility index (Phi) is 6.76. The SMILES string of the molecule is C=CC(=O)OCCOC(=O)CCCC[C@@H]1SC[C@@H]2NC(=O)N[C@@H]21. The number of carbonyl (C=O) groups excluding carboxylic acids is 3. The van der Waals surface area contributed by atoms with E-state index in [2.05, 4.69) is 17.2 Å². The lowest BCUT2D eigenvalue weighted by Crippen LogP contribution is -2.36. The van der Waals surface area contributed by atoms with Crippen molar-refractivity contribution >= 4 is 29.7 Å². The van der Waals surface area contributed by atoms with Gasteiger partial charge in [-0.05, 0) is 12.8 Å². The highest BCUT2D eigenvalue weighted by atomic mass is 32.2. The maximum absolute atomic E-state index is 11.5. The Bertz CT molecular complexity index is 471. The molecular formula is C15H22N2O5S. The van der Waals surface area contributed by atoms with Crippen LogP contribution in [0.4, 0.5) is 4.79 Å². The molecule has 8 heteroatoms. The molecule has 2 saturated heterocycles. The molecule has 2 fully saturated rings. The number of rotatable bonds is 9. The van der Waals surface area contributed by atoms with Crippen molar-refractivity contribution in [1.29, 1.82) is 0 Å². The molecule has 2 aliphatic rings. The Morgan fingerprint density at radius 3 is 2.83 bits per heavy atom. The summed E-state index contributed by atoms with van der Waals surface area (Å²) in [6.07, 6.45) is 4.05. The third-order valence-corrected chi connectivity index (χ3v) is 5.32. The molecule has 2 heterocycles. The maximum atomic E-state index is 11.5. The lowest BCUT2D eigenvalue weighted by Gasteiger charge is -2.16. The Morgan fingerprint density at radius 1 is 1.26 bits per heavy atom. The summed E-state index contributed by atoms with van der Waals surface area (Å²) < 4.78 is 9.68. The van der Waals surface area contributed by atoms with Crippen LogP contribution in [0, 0.1) is 0 Å². The predicted molar refractivity (Wildman–Crippen MR) is 86.1 cm³/mol. The first kappa shape index (κ1) is 17.7. The number of thioether (sulfide) groups is 1. The van der Waals surface area contributed by atoms with Crippen molar-refractivity contribution in [2.75, 3.05) is 19.0 Å². The Balaban J connectivity index is 1.50. The summed E-state index contributed by atoms with van der Waals surface area (Å²) in [5.74, 6) is 0.133. The highest BCUT2D eigenvalue weighted by molar-refractivity contribution is 8.00. The monoisotopic (exact) mass is 342 g/mol. The summed E-state index contributed by atoms with van der Waals surface area (Å²) in [4.78, 5) is 33.6. The van der Waals surface area contributed by atoms with E-state index in [-0.39, 0.29) is 37.3 Å². The van der Waals surface area contributed by atoms with E-state index in [0.717, 1.165) is 31.1 Å². The summed E-state index contributed by atoms with van der Waals surface area (Å²) in [5.41, 5.74) is 0. The molecule has 0 aliphatic carbocycles. The number of unbranched alkanes of at least 4 members (excludes halogenated alkanes) is 1. The van der Waals surface area contributed by atoms with Crippen LogP contribution in [0.1, 0.15) is 25.7 Å². The number of urea groups is 1. The van der Waals surface area contributed by atoms with E-state index in [0.29, 0.717) is 11.7 Å². The third-order valence-electron chi connectivity index (χ3n) is 3.82. The minimum Gasteiger partial charge on any atom is -0.462 e. The van der Waals surface area contributed by atoms with Gasteiger partial charge in [0.1, 0.15) is 13.2 Å². The number of esters is 2. The van der Waals surface area contributed by atoms with Gasteiger partial charge in [-0.1, -0.05) is 13.0 Å². The van der Waals surface area contributed by atoms with Crippen molar-refractivity contribution in [3.05, 3.63) is 12.7 Å². The second-order valence-corrected chi connectivity index (χ2v) is 6.73. The largest absolute Gasteiger partial charge is 0.462 e. The van der Waals surface area contributed by atoms with Gasteiger partial charge in [0.05, 0.1) is 12.1 Å². The fourth-order valence-electron chi connectivity index (χ4n) is 2.69. The fourth-order valence-corrected chi connectivity index (χ4v) is 4.23. The zero-order valence-corrected chi connectivity index (χ0v) is 13.7. The van der Waals surface area contributed by atoms with Gasteiger partial charge >= 0.3 is 18.0 Å². The highest BCUT2D eigenvalue weighted by Crippen LogP contribution is 2.33. The van der Waals surface area contributed by atoms with E-state index in [1.54, 1.807) is 0 Å². The lowest BCUT2D eigenvalue weighted by molar-refractivity contribution is -0.149. The molecule has 0 aromatic heterocycles. The quantitative estimate of drug-likeness (QED) is 0.281. The van der Waals surface area contributed by atoms with Crippen LogP contribution in [0.15, 0.2) is 12.7 Å². The minimum absolute atomic E-state index is 0.0467. The van der Waals surface area contributed by atoms with E-state index in [4.69, 9.17) is 9.47 Å². The van der Waals surface area contributed by atoms with Gasteiger partial charge in [-0.3, -0.25) is 4.79 Å². The van der Waals surface area contributed by atoms with Crippen molar-refractivity contribution < 1.29 is 23.9 Å². The number of carbonyl (C=O) groups is 3. The first-order chi connectivity index (χ1) is 11.1.